The van der Waals surface area contributed by atoms with Crippen molar-refractivity contribution in [1.82, 2.24) is 35.4 Å². The van der Waals surface area contributed by atoms with E-state index in [2.05, 4.69) is 35.4 Å². The maximum atomic E-state index is 12.5. The zero-order valence-corrected chi connectivity index (χ0v) is 15.8. The minimum Gasteiger partial charge on any atom is -0.456 e. The molecule has 4 rings (SSSR count). The van der Waals surface area contributed by atoms with Crippen molar-refractivity contribution in [1.29, 1.82) is 0 Å². The summed E-state index contributed by atoms with van der Waals surface area (Å²) in [6.45, 7) is 5.31. The summed E-state index contributed by atoms with van der Waals surface area (Å²) in [5, 5.41) is 9.74. The third-order valence-electron chi connectivity index (χ3n) is 4.77. The van der Waals surface area contributed by atoms with E-state index >= 15 is 0 Å². The topological polar surface area (TPSA) is 113 Å². The highest BCUT2D eigenvalue weighted by Gasteiger charge is 2.20. The van der Waals surface area contributed by atoms with Crippen molar-refractivity contribution in [2.75, 3.05) is 13.1 Å². The van der Waals surface area contributed by atoms with Crippen LogP contribution in [0.1, 0.15) is 47.5 Å². The number of carbonyl (C=O) groups excluding carboxylic acids is 1. The molecule has 146 valence electrons. The van der Waals surface area contributed by atoms with Gasteiger partial charge in [0.15, 0.2) is 5.76 Å². The van der Waals surface area contributed by atoms with Gasteiger partial charge >= 0.3 is 0 Å². The van der Waals surface area contributed by atoms with E-state index in [-0.39, 0.29) is 12.5 Å². The number of nitrogens with zero attached hydrogens (tertiary/aromatic N) is 5. The van der Waals surface area contributed by atoms with Gasteiger partial charge in [-0.2, -0.15) is 5.10 Å². The first-order valence-electron chi connectivity index (χ1n) is 9.52. The molecule has 1 aliphatic heterocycles. The molecule has 1 aliphatic rings. The maximum Gasteiger partial charge on any atom is 0.287 e. The smallest absolute Gasteiger partial charge is 0.287 e. The van der Waals surface area contributed by atoms with Crippen LogP contribution in [-0.2, 0) is 19.5 Å². The molecule has 9 nitrogen and oxygen atoms in total. The van der Waals surface area contributed by atoms with Crippen LogP contribution in [0, 0.1) is 0 Å². The highest BCUT2D eigenvalue weighted by atomic mass is 16.4. The Bertz CT molecular complexity index is 929. The highest BCUT2D eigenvalue weighted by Crippen LogP contribution is 2.21. The second-order valence-electron chi connectivity index (χ2n) is 6.77. The number of nitrogens with one attached hydrogen (secondary N) is 2. The number of aromatic amines is 1. The SMILES string of the molecule is CCc1oc(C(=O)NCc2nc(-c3cnccn3)n[nH]2)cc1CN1CCCC1. The van der Waals surface area contributed by atoms with Gasteiger partial charge in [-0.15, -0.1) is 0 Å². The van der Waals surface area contributed by atoms with E-state index in [1.807, 2.05) is 13.0 Å². The van der Waals surface area contributed by atoms with Crippen LogP contribution in [0.2, 0.25) is 0 Å². The molecule has 3 aromatic rings. The van der Waals surface area contributed by atoms with Gasteiger partial charge in [-0.25, -0.2) is 9.97 Å². The predicted octanol–water partition coefficient (Wildman–Crippen LogP) is 1.94. The molecular formula is C19H23N7O2. The standard InChI is InChI=1S/C19H23N7O2/c1-2-15-13(12-26-7-3-4-8-26)9-16(28-15)19(27)22-11-17-23-18(25-24-17)14-10-20-5-6-21-14/h5-6,9-10H,2-4,7-8,11-12H2,1H3,(H,22,27)(H,23,24,25). The van der Waals surface area contributed by atoms with Crippen molar-refractivity contribution in [3.63, 3.8) is 0 Å². The minimum absolute atomic E-state index is 0.218. The van der Waals surface area contributed by atoms with E-state index in [1.54, 1.807) is 18.6 Å². The van der Waals surface area contributed by atoms with Crippen LogP contribution in [0.15, 0.2) is 29.1 Å². The Kier molecular flexibility index (Phi) is 5.43. The fourth-order valence-corrected chi connectivity index (χ4v) is 3.35. The molecule has 3 aromatic heterocycles. The molecule has 1 amide bonds. The molecule has 0 atom stereocenters. The predicted molar refractivity (Wildman–Crippen MR) is 101 cm³/mol. The van der Waals surface area contributed by atoms with Gasteiger partial charge in [0, 0.05) is 30.9 Å². The van der Waals surface area contributed by atoms with E-state index in [0.29, 0.717) is 23.1 Å². The largest absolute Gasteiger partial charge is 0.456 e. The second kappa shape index (κ2) is 8.30. The average molecular weight is 381 g/mol. The van der Waals surface area contributed by atoms with Crippen molar-refractivity contribution in [3.05, 3.63) is 47.6 Å². The molecule has 0 aromatic carbocycles. The van der Waals surface area contributed by atoms with Gasteiger partial charge in [-0.1, -0.05) is 6.92 Å². The van der Waals surface area contributed by atoms with Crippen molar-refractivity contribution in [2.24, 2.45) is 0 Å². The molecule has 0 bridgehead atoms. The number of furan rings is 1. The fourth-order valence-electron chi connectivity index (χ4n) is 3.35. The number of carbonyl (C=O) groups is 1. The molecule has 0 unspecified atom stereocenters. The average Bonchev–Trinajstić information content (AvgIpc) is 3.48. The summed E-state index contributed by atoms with van der Waals surface area (Å²) >= 11 is 0. The van der Waals surface area contributed by atoms with Gasteiger partial charge in [0.2, 0.25) is 5.82 Å². The van der Waals surface area contributed by atoms with Crippen LogP contribution in [0.3, 0.4) is 0 Å². The van der Waals surface area contributed by atoms with E-state index in [4.69, 9.17) is 4.42 Å². The van der Waals surface area contributed by atoms with Crippen molar-refractivity contribution in [3.8, 4) is 11.5 Å². The third kappa shape index (κ3) is 4.09. The van der Waals surface area contributed by atoms with E-state index < -0.39 is 0 Å². The normalized spacial score (nSPS) is 14.5. The lowest BCUT2D eigenvalue weighted by atomic mass is 10.2. The fraction of sp³-hybridized carbons (Fsp3) is 0.421. The molecule has 0 saturated carbocycles. The van der Waals surface area contributed by atoms with Crippen LogP contribution < -0.4 is 5.32 Å². The maximum absolute atomic E-state index is 12.5. The molecule has 1 saturated heterocycles. The molecular weight excluding hydrogens is 358 g/mol. The number of aryl methyl sites for hydroxylation is 1. The Hall–Kier alpha value is -3.07. The monoisotopic (exact) mass is 381 g/mol. The second-order valence-corrected chi connectivity index (χ2v) is 6.77. The van der Waals surface area contributed by atoms with Gasteiger partial charge in [0.1, 0.15) is 17.3 Å². The number of H-pyrrole nitrogens is 1. The molecule has 4 heterocycles. The Morgan fingerprint density at radius 3 is 2.93 bits per heavy atom. The zero-order valence-electron chi connectivity index (χ0n) is 15.8. The summed E-state index contributed by atoms with van der Waals surface area (Å²) in [6, 6.07) is 1.86. The number of aromatic nitrogens is 5. The summed E-state index contributed by atoms with van der Waals surface area (Å²) in [5.74, 6) is 1.92. The summed E-state index contributed by atoms with van der Waals surface area (Å²) in [5.41, 5.74) is 1.67. The van der Waals surface area contributed by atoms with E-state index in [9.17, 15) is 4.79 Å². The summed E-state index contributed by atoms with van der Waals surface area (Å²) in [4.78, 5) is 27.4. The molecule has 0 aliphatic carbocycles. The lowest BCUT2D eigenvalue weighted by Crippen LogP contribution is -2.23. The molecule has 0 spiro atoms. The van der Waals surface area contributed by atoms with Gasteiger partial charge in [0.05, 0.1) is 12.7 Å². The number of likely N-dealkylation sites (tertiary alicyclic amines) is 1. The van der Waals surface area contributed by atoms with Gasteiger partial charge < -0.3 is 9.73 Å². The molecule has 9 heteroatoms. The number of hydrogen-bond donors (Lipinski definition) is 2. The van der Waals surface area contributed by atoms with Crippen LogP contribution >= 0.6 is 0 Å². The summed E-state index contributed by atoms with van der Waals surface area (Å²) < 4.78 is 5.80. The van der Waals surface area contributed by atoms with Crippen LogP contribution in [0.5, 0.6) is 0 Å². The molecule has 0 radical (unpaired) electrons. The van der Waals surface area contributed by atoms with Gasteiger partial charge in [-0.05, 0) is 32.0 Å². The van der Waals surface area contributed by atoms with E-state index in [0.717, 1.165) is 37.4 Å². The third-order valence-corrected chi connectivity index (χ3v) is 4.77. The van der Waals surface area contributed by atoms with Crippen molar-refractivity contribution >= 4 is 5.91 Å². The Balaban J connectivity index is 1.38. The molecule has 28 heavy (non-hydrogen) atoms. The van der Waals surface area contributed by atoms with Gasteiger partial charge in [0.25, 0.3) is 5.91 Å². The van der Waals surface area contributed by atoms with Crippen LogP contribution in [-0.4, -0.2) is 49.0 Å². The quantitative estimate of drug-likeness (QED) is 0.643. The van der Waals surface area contributed by atoms with Crippen molar-refractivity contribution < 1.29 is 9.21 Å². The van der Waals surface area contributed by atoms with E-state index in [1.165, 1.54) is 12.8 Å². The lowest BCUT2D eigenvalue weighted by molar-refractivity contribution is 0.0920. The first-order chi connectivity index (χ1) is 13.7. The van der Waals surface area contributed by atoms with Crippen LogP contribution in [0.4, 0.5) is 0 Å². The number of amides is 1. The number of rotatable bonds is 7. The Morgan fingerprint density at radius 1 is 1.32 bits per heavy atom. The van der Waals surface area contributed by atoms with Gasteiger partial charge in [-0.3, -0.25) is 19.8 Å². The minimum atomic E-state index is -0.264. The number of hydrogen-bond acceptors (Lipinski definition) is 7. The lowest BCUT2D eigenvalue weighted by Gasteiger charge is -2.13. The molecule has 1 fully saturated rings. The summed E-state index contributed by atoms with van der Waals surface area (Å²) in [7, 11) is 0. The van der Waals surface area contributed by atoms with Crippen molar-refractivity contribution in [2.45, 2.75) is 39.3 Å². The first-order valence-corrected chi connectivity index (χ1v) is 9.52. The zero-order chi connectivity index (χ0) is 19.3. The summed E-state index contributed by atoms with van der Waals surface area (Å²) in [6.07, 6.45) is 7.99. The molecule has 2 N–H and O–H groups in total. The Morgan fingerprint density at radius 2 is 2.18 bits per heavy atom. The highest BCUT2D eigenvalue weighted by molar-refractivity contribution is 5.91. The Labute approximate surface area is 162 Å². The first kappa shape index (κ1) is 18.3. The van der Waals surface area contributed by atoms with Crippen LogP contribution in [0.25, 0.3) is 11.5 Å².